The van der Waals surface area contributed by atoms with Crippen molar-refractivity contribution in [1.29, 1.82) is 0 Å². The van der Waals surface area contributed by atoms with Crippen LogP contribution in [0.15, 0.2) is 34.8 Å². The molecule has 0 fully saturated rings. The van der Waals surface area contributed by atoms with Crippen molar-refractivity contribution in [2.24, 2.45) is 0 Å². The van der Waals surface area contributed by atoms with Gasteiger partial charge in [-0.15, -0.1) is 11.3 Å². The molecule has 7 heteroatoms. The number of fused-ring (bicyclic) bond motifs is 1. The number of aromatic nitrogens is 2. The van der Waals surface area contributed by atoms with Crippen molar-refractivity contribution < 1.29 is 9.53 Å². The quantitative estimate of drug-likeness (QED) is 0.230. The number of esters is 1. The zero-order chi connectivity index (χ0) is 18.7. The third-order valence-corrected chi connectivity index (χ3v) is 5.69. The van der Waals surface area contributed by atoms with Crippen LogP contribution in [0.5, 0.6) is 0 Å². The maximum Gasteiger partial charge on any atom is 0.316 e. The van der Waals surface area contributed by atoms with E-state index in [0.29, 0.717) is 10.3 Å². The SMILES string of the molecule is CCc1ccc(-c2csc3nc(SCC(=O)OC(C)C)nc(Cl)c23)cc1. The molecule has 2 aromatic heterocycles. The molecule has 1 aromatic carbocycles. The highest BCUT2D eigenvalue weighted by atomic mass is 35.5. The van der Waals surface area contributed by atoms with Gasteiger partial charge >= 0.3 is 5.97 Å². The number of nitrogens with zero attached hydrogens (tertiary/aromatic N) is 2. The van der Waals surface area contributed by atoms with Gasteiger partial charge in [0.1, 0.15) is 9.98 Å². The summed E-state index contributed by atoms with van der Waals surface area (Å²) >= 11 is 9.20. The summed E-state index contributed by atoms with van der Waals surface area (Å²) in [4.78, 5) is 21.4. The van der Waals surface area contributed by atoms with Crippen molar-refractivity contribution >= 4 is 50.9 Å². The molecule has 136 valence electrons. The second-order valence-electron chi connectivity index (χ2n) is 6.00. The molecule has 0 aliphatic rings. The van der Waals surface area contributed by atoms with Gasteiger partial charge in [-0.2, -0.15) is 0 Å². The lowest BCUT2D eigenvalue weighted by Gasteiger charge is -2.07. The number of ether oxygens (including phenoxy) is 1. The van der Waals surface area contributed by atoms with E-state index < -0.39 is 0 Å². The van der Waals surface area contributed by atoms with E-state index in [9.17, 15) is 4.79 Å². The first-order chi connectivity index (χ1) is 12.5. The van der Waals surface area contributed by atoms with Crippen LogP contribution in [0.4, 0.5) is 0 Å². The Kier molecular flexibility index (Phi) is 6.16. The number of aryl methyl sites for hydroxylation is 1. The number of thioether (sulfide) groups is 1. The molecule has 0 saturated carbocycles. The highest BCUT2D eigenvalue weighted by Crippen LogP contribution is 2.37. The zero-order valence-electron chi connectivity index (χ0n) is 14.8. The first-order valence-corrected chi connectivity index (χ1v) is 10.6. The van der Waals surface area contributed by atoms with Gasteiger partial charge in [0, 0.05) is 10.9 Å². The average Bonchev–Trinajstić information content (AvgIpc) is 3.04. The van der Waals surface area contributed by atoms with Crippen molar-refractivity contribution in [3.63, 3.8) is 0 Å². The van der Waals surface area contributed by atoms with E-state index >= 15 is 0 Å². The summed E-state index contributed by atoms with van der Waals surface area (Å²) < 4.78 is 5.12. The largest absolute Gasteiger partial charge is 0.462 e. The van der Waals surface area contributed by atoms with Crippen LogP contribution in [0.2, 0.25) is 5.15 Å². The number of carbonyl (C=O) groups is 1. The fourth-order valence-corrected chi connectivity index (χ4v) is 4.51. The number of rotatable bonds is 6. The molecule has 0 amide bonds. The predicted octanol–water partition coefficient (Wildman–Crippen LogP) is 5.62. The minimum absolute atomic E-state index is 0.131. The molecule has 4 nitrogen and oxygen atoms in total. The van der Waals surface area contributed by atoms with Crippen LogP contribution in [0.1, 0.15) is 26.3 Å². The second kappa shape index (κ2) is 8.37. The summed E-state index contributed by atoms with van der Waals surface area (Å²) in [7, 11) is 0. The van der Waals surface area contributed by atoms with Gasteiger partial charge in [-0.25, -0.2) is 9.97 Å². The maximum absolute atomic E-state index is 11.7. The summed E-state index contributed by atoms with van der Waals surface area (Å²) in [5.74, 6) is -0.121. The molecule has 0 unspecified atom stereocenters. The average molecular weight is 407 g/mol. The highest BCUT2D eigenvalue weighted by molar-refractivity contribution is 7.99. The van der Waals surface area contributed by atoms with Crippen LogP contribution >= 0.6 is 34.7 Å². The molecule has 0 aliphatic carbocycles. The van der Waals surface area contributed by atoms with Gasteiger partial charge in [-0.1, -0.05) is 54.6 Å². The number of halogens is 1. The fourth-order valence-electron chi connectivity index (χ4n) is 2.50. The molecule has 3 rings (SSSR count). The Bertz CT molecular complexity index is 923. The normalized spacial score (nSPS) is 11.3. The van der Waals surface area contributed by atoms with Gasteiger partial charge in [0.05, 0.1) is 17.2 Å². The second-order valence-corrected chi connectivity index (χ2v) is 8.16. The minimum Gasteiger partial charge on any atom is -0.462 e. The van der Waals surface area contributed by atoms with Crippen molar-refractivity contribution in [2.75, 3.05) is 5.75 Å². The van der Waals surface area contributed by atoms with Gasteiger partial charge in [-0.3, -0.25) is 4.79 Å². The monoisotopic (exact) mass is 406 g/mol. The van der Waals surface area contributed by atoms with Gasteiger partial charge in [-0.05, 0) is 31.4 Å². The number of thiophene rings is 1. The van der Waals surface area contributed by atoms with Crippen LogP contribution in [-0.2, 0) is 16.0 Å². The van der Waals surface area contributed by atoms with Crippen molar-refractivity contribution in [2.45, 2.75) is 38.5 Å². The molecule has 26 heavy (non-hydrogen) atoms. The van der Waals surface area contributed by atoms with Crippen LogP contribution in [0.25, 0.3) is 21.3 Å². The molecule has 0 N–H and O–H groups in total. The van der Waals surface area contributed by atoms with Crippen molar-refractivity contribution in [3.8, 4) is 11.1 Å². The first kappa shape index (κ1) is 19.1. The summed E-state index contributed by atoms with van der Waals surface area (Å²) in [6.07, 6.45) is 0.878. The molecule has 0 bridgehead atoms. The smallest absolute Gasteiger partial charge is 0.316 e. The molecule has 0 radical (unpaired) electrons. The molecule has 0 saturated heterocycles. The van der Waals surface area contributed by atoms with Crippen LogP contribution < -0.4 is 0 Å². The Balaban J connectivity index is 1.85. The van der Waals surface area contributed by atoms with Gasteiger partial charge in [0.25, 0.3) is 0 Å². The summed E-state index contributed by atoms with van der Waals surface area (Å²) in [6.45, 7) is 5.78. The Morgan fingerprint density at radius 3 is 2.65 bits per heavy atom. The van der Waals surface area contributed by atoms with E-state index in [2.05, 4.69) is 41.2 Å². The first-order valence-electron chi connectivity index (χ1n) is 8.34. The van der Waals surface area contributed by atoms with E-state index in [1.807, 2.05) is 19.2 Å². The van der Waals surface area contributed by atoms with E-state index in [1.165, 1.54) is 28.7 Å². The Morgan fingerprint density at radius 2 is 2.00 bits per heavy atom. The third kappa shape index (κ3) is 4.37. The minimum atomic E-state index is -0.285. The standard InChI is InChI=1S/C19H19ClN2O2S2/c1-4-12-5-7-13(8-6-12)14-9-25-18-16(14)17(20)21-19(22-18)26-10-15(23)24-11(2)3/h5-9,11H,4,10H2,1-3H3. The molecular weight excluding hydrogens is 388 g/mol. The van der Waals surface area contributed by atoms with Crippen molar-refractivity contribution in [1.82, 2.24) is 9.97 Å². The molecule has 0 spiro atoms. The Morgan fingerprint density at radius 1 is 1.27 bits per heavy atom. The molecule has 0 atom stereocenters. The fraction of sp³-hybridized carbons (Fsp3) is 0.316. The lowest BCUT2D eigenvalue weighted by atomic mass is 10.0. The van der Waals surface area contributed by atoms with Crippen LogP contribution in [-0.4, -0.2) is 27.8 Å². The zero-order valence-corrected chi connectivity index (χ0v) is 17.2. The number of carbonyl (C=O) groups excluding carboxylic acids is 1. The van der Waals surface area contributed by atoms with E-state index in [1.54, 1.807) is 0 Å². The number of hydrogen-bond acceptors (Lipinski definition) is 6. The van der Waals surface area contributed by atoms with E-state index in [4.69, 9.17) is 16.3 Å². The number of hydrogen-bond donors (Lipinski definition) is 0. The lowest BCUT2D eigenvalue weighted by Crippen LogP contribution is -2.13. The predicted molar refractivity (Wildman–Crippen MR) is 109 cm³/mol. The van der Waals surface area contributed by atoms with E-state index in [-0.39, 0.29) is 17.8 Å². The third-order valence-electron chi connectivity index (χ3n) is 3.73. The maximum atomic E-state index is 11.7. The van der Waals surface area contributed by atoms with E-state index in [0.717, 1.165) is 27.8 Å². The summed E-state index contributed by atoms with van der Waals surface area (Å²) in [5.41, 5.74) is 3.43. The van der Waals surface area contributed by atoms with Crippen LogP contribution in [0.3, 0.4) is 0 Å². The molecule has 3 aromatic rings. The topological polar surface area (TPSA) is 52.1 Å². The Hall–Kier alpha value is -1.63. The van der Waals surface area contributed by atoms with Crippen molar-refractivity contribution in [3.05, 3.63) is 40.4 Å². The van der Waals surface area contributed by atoms with Gasteiger partial charge in [0.15, 0.2) is 5.16 Å². The molecular formula is C19H19ClN2O2S2. The summed E-state index contributed by atoms with van der Waals surface area (Å²) in [5, 5.41) is 3.80. The Labute approximate surface area is 166 Å². The summed E-state index contributed by atoms with van der Waals surface area (Å²) in [6, 6.07) is 8.44. The van der Waals surface area contributed by atoms with Crippen LogP contribution in [0, 0.1) is 0 Å². The molecule has 2 heterocycles. The highest BCUT2D eigenvalue weighted by Gasteiger charge is 2.15. The van der Waals surface area contributed by atoms with Gasteiger partial charge < -0.3 is 4.74 Å². The lowest BCUT2D eigenvalue weighted by molar-refractivity contribution is -0.144. The van der Waals surface area contributed by atoms with Gasteiger partial charge in [0.2, 0.25) is 0 Å². The molecule has 0 aliphatic heterocycles. The number of benzene rings is 1.